The third kappa shape index (κ3) is 12.2. The molecule has 1 heterocycles. The van der Waals surface area contributed by atoms with Crippen molar-refractivity contribution in [3.63, 3.8) is 0 Å². The minimum absolute atomic E-state index is 0. The SMILES string of the molecule is C=C(C)C(=O)OCCCCCCCCOC(=O)CCC1NC(=S)[N-]C1=O.[Na+]. The number of carbonyl (C=O) groups is 3. The van der Waals surface area contributed by atoms with Crippen molar-refractivity contribution in [3.05, 3.63) is 17.5 Å². The van der Waals surface area contributed by atoms with Crippen LogP contribution in [0.15, 0.2) is 12.2 Å². The van der Waals surface area contributed by atoms with Crippen LogP contribution in [0.5, 0.6) is 0 Å². The van der Waals surface area contributed by atoms with Crippen LogP contribution in [-0.4, -0.2) is 42.2 Å². The van der Waals surface area contributed by atoms with Gasteiger partial charge in [0.05, 0.1) is 13.2 Å². The minimum Gasteiger partial charge on any atom is -0.466 e. The summed E-state index contributed by atoms with van der Waals surface area (Å²) in [5.41, 5.74) is 0.420. The zero-order chi connectivity index (χ0) is 19.4. The molecule has 1 fully saturated rings. The van der Waals surface area contributed by atoms with Crippen LogP contribution in [0.4, 0.5) is 0 Å². The number of unbranched alkanes of at least 4 members (excludes halogenated alkanes) is 5. The van der Waals surface area contributed by atoms with E-state index in [-0.39, 0.29) is 58.9 Å². The Morgan fingerprint density at radius 3 is 2.19 bits per heavy atom. The molecule has 7 nitrogen and oxygen atoms in total. The second-order valence-corrected chi connectivity index (χ2v) is 6.64. The zero-order valence-corrected chi connectivity index (χ0v) is 19.1. The molecule has 27 heavy (non-hydrogen) atoms. The molecule has 0 aliphatic carbocycles. The van der Waals surface area contributed by atoms with Gasteiger partial charge in [0.15, 0.2) is 0 Å². The van der Waals surface area contributed by atoms with Gasteiger partial charge >= 0.3 is 41.5 Å². The maximum absolute atomic E-state index is 11.6. The van der Waals surface area contributed by atoms with Crippen LogP contribution in [0.25, 0.3) is 5.32 Å². The molecule has 9 heteroatoms. The Morgan fingerprint density at radius 2 is 1.67 bits per heavy atom. The Morgan fingerprint density at radius 1 is 1.11 bits per heavy atom. The van der Waals surface area contributed by atoms with Crippen molar-refractivity contribution in [2.24, 2.45) is 0 Å². The van der Waals surface area contributed by atoms with Gasteiger partial charge in [-0.25, -0.2) is 4.79 Å². The molecule has 1 aliphatic heterocycles. The number of nitrogens with zero attached hydrogens (tertiary/aromatic N) is 1. The normalized spacial score (nSPS) is 15.4. The monoisotopic (exact) mass is 406 g/mol. The van der Waals surface area contributed by atoms with Gasteiger partial charge in [-0.1, -0.05) is 44.5 Å². The maximum Gasteiger partial charge on any atom is 1.00 e. The van der Waals surface area contributed by atoms with Crippen LogP contribution < -0.4 is 34.9 Å². The first-order valence-electron chi connectivity index (χ1n) is 8.94. The van der Waals surface area contributed by atoms with Gasteiger partial charge in [-0.2, -0.15) is 0 Å². The molecule has 0 saturated carbocycles. The third-order valence-electron chi connectivity index (χ3n) is 3.83. The van der Waals surface area contributed by atoms with Gasteiger partial charge in [-0.05, 0) is 26.2 Å². The van der Waals surface area contributed by atoms with Gasteiger partial charge in [-0.3, -0.25) is 9.59 Å². The number of esters is 2. The number of rotatable bonds is 13. The van der Waals surface area contributed by atoms with Crippen LogP contribution in [-0.2, 0) is 23.9 Å². The van der Waals surface area contributed by atoms with Crippen molar-refractivity contribution in [3.8, 4) is 0 Å². The Bertz CT molecular complexity index is 542. The fourth-order valence-corrected chi connectivity index (χ4v) is 2.57. The summed E-state index contributed by atoms with van der Waals surface area (Å²) in [6, 6.07) is -0.496. The van der Waals surface area contributed by atoms with Crippen molar-refractivity contribution in [1.29, 1.82) is 0 Å². The number of thiocarbonyl (C=S) groups is 1. The quantitative estimate of drug-likeness (QED) is 0.150. The predicted octanol–water partition coefficient (Wildman–Crippen LogP) is -0.0693. The molecule has 1 N–H and O–H groups in total. The van der Waals surface area contributed by atoms with E-state index in [2.05, 4.69) is 17.2 Å². The van der Waals surface area contributed by atoms with Gasteiger partial charge in [0, 0.05) is 23.1 Å². The Hall–Kier alpha value is -0.960. The first-order chi connectivity index (χ1) is 12.4. The van der Waals surface area contributed by atoms with Crippen LogP contribution in [0.2, 0.25) is 0 Å². The second kappa shape index (κ2) is 15.0. The van der Waals surface area contributed by atoms with E-state index >= 15 is 0 Å². The second-order valence-electron chi connectivity index (χ2n) is 6.25. The summed E-state index contributed by atoms with van der Waals surface area (Å²) in [5, 5.41) is 6.52. The van der Waals surface area contributed by atoms with E-state index in [1.165, 1.54) is 0 Å². The summed E-state index contributed by atoms with van der Waals surface area (Å²) >= 11 is 4.78. The summed E-state index contributed by atoms with van der Waals surface area (Å²) < 4.78 is 10.2. The summed E-state index contributed by atoms with van der Waals surface area (Å²) in [4.78, 5) is 34.2. The average Bonchev–Trinajstić information content (AvgIpc) is 2.91. The summed E-state index contributed by atoms with van der Waals surface area (Å²) in [6.07, 6.45) is 6.26. The molecule has 0 aromatic rings. The van der Waals surface area contributed by atoms with E-state index in [9.17, 15) is 14.4 Å². The molecule has 1 saturated heterocycles. The van der Waals surface area contributed by atoms with Crippen LogP contribution in [0.1, 0.15) is 58.3 Å². The van der Waals surface area contributed by atoms with Crippen molar-refractivity contribution in [2.75, 3.05) is 13.2 Å². The number of nitrogens with one attached hydrogen (secondary N) is 1. The molecular weight excluding hydrogens is 379 g/mol. The van der Waals surface area contributed by atoms with Gasteiger partial charge in [-0.15, -0.1) is 0 Å². The molecule has 1 aliphatic rings. The topological polar surface area (TPSA) is 95.8 Å². The van der Waals surface area contributed by atoms with E-state index in [4.69, 9.17) is 21.7 Å². The minimum atomic E-state index is -0.496. The average molecular weight is 406 g/mol. The molecule has 146 valence electrons. The molecule has 0 aromatic heterocycles. The maximum atomic E-state index is 11.6. The Labute approximate surface area is 188 Å². The van der Waals surface area contributed by atoms with Gasteiger partial charge in [0.1, 0.15) is 5.91 Å². The molecule has 1 amide bonds. The Balaban J connectivity index is 0.00000676. The van der Waals surface area contributed by atoms with Gasteiger partial charge in [0.2, 0.25) is 0 Å². The fraction of sp³-hybridized carbons (Fsp3) is 0.667. The fourth-order valence-electron chi connectivity index (χ4n) is 2.34. The first kappa shape index (κ1) is 26.0. The largest absolute Gasteiger partial charge is 1.00 e. The molecule has 1 atom stereocenters. The summed E-state index contributed by atoms with van der Waals surface area (Å²) in [6.45, 7) is 5.98. The molecule has 1 unspecified atom stereocenters. The van der Waals surface area contributed by atoms with Crippen molar-refractivity contribution >= 4 is 35.2 Å². The zero-order valence-electron chi connectivity index (χ0n) is 16.3. The molecule has 1 rings (SSSR count). The van der Waals surface area contributed by atoms with E-state index < -0.39 is 6.04 Å². The number of carbonyl (C=O) groups excluding carboxylic acids is 3. The Kier molecular flexibility index (Phi) is 14.5. The molecule has 0 spiro atoms. The van der Waals surface area contributed by atoms with Crippen molar-refractivity contribution in [2.45, 2.75) is 64.3 Å². The summed E-state index contributed by atoms with van der Waals surface area (Å²) in [5.74, 6) is -0.967. The van der Waals surface area contributed by atoms with Gasteiger partial charge < -0.3 is 20.1 Å². The molecule has 0 radical (unpaired) electrons. The van der Waals surface area contributed by atoms with Crippen molar-refractivity contribution in [1.82, 2.24) is 5.32 Å². The smallest absolute Gasteiger partial charge is 0.466 e. The van der Waals surface area contributed by atoms with Crippen molar-refractivity contribution < 1.29 is 53.4 Å². The number of amides is 1. The van der Waals surface area contributed by atoms with Crippen LogP contribution >= 0.6 is 12.2 Å². The third-order valence-corrected chi connectivity index (χ3v) is 4.04. The van der Waals surface area contributed by atoms with E-state index in [0.29, 0.717) is 25.2 Å². The van der Waals surface area contributed by atoms with Crippen LogP contribution in [0, 0.1) is 0 Å². The van der Waals surface area contributed by atoms with E-state index in [1.54, 1.807) is 6.92 Å². The predicted molar refractivity (Wildman–Crippen MR) is 102 cm³/mol. The van der Waals surface area contributed by atoms with E-state index in [1.807, 2.05) is 0 Å². The number of hydrogen-bond donors (Lipinski definition) is 1. The first-order valence-corrected chi connectivity index (χ1v) is 9.35. The molecular formula is C18H27N2NaO5S. The van der Waals surface area contributed by atoms with Crippen LogP contribution in [0.3, 0.4) is 0 Å². The molecule has 0 bridgehead atoms. The summed E-state index contributed by atoms with van der Waals surface area (Å²) in [7, 11) is 0. The number of hydrogen-bond acceptors (Lipinski definition) is 6. The standard InChI is InChI=1S/C18H28N2O5S.Na/c1-13(2)17(23)25-12-8-6-4-3-5-7-11-24-15(21)10-9-14-16(22)20-18(26)19-14;/h14H,1,3-12H2,2H3,(H2,19,20,22,26);/q;+1/p-1. The van der Waals surface area contributed by atoms with E-state index in [0.717, 1.165) is 38.5 Å². The number of ether oxygens (including phenoxy) is 2. The molecule has 0 aromatic carbocycles. The van der Waals surface area contributed by atoms with Gasteiger partial charge in [0.25, 0.3) is 0 Å².